The maximum Gasteiger partial charge on any atom is 0.764 e. The first kappa shape index (κ1) is 28.7. The zero-order chi connectivity index (χ0) is 28.3. The molecule has 0 aromatic heterocycles. The molecule has 0 aliphatic carbocycles. The summed E-state index contributed by atoms with van der Waals surface area (Å²) in [6, 6.07) is 36.7. The fraction of sp³-hybridized carbons (Fsp3) is 0. The van der Waals surface area contributed by atoms with Crippen molar-refractivity contribution in [3.63, 3.8) is 0 Å². The summed E-state index contributed by atoms with van der Waals surface area (Å²) in [6.45, 7) is 0. The Morgan fingerprint density at radius 3 is 0.732 bits per heavy atom. The molecule has 0 radical (unpaired) electrons. The highest BCUT2D eigenvalue weighted by molar-refractivity contribution is 7.56. The second kappa shape index (κ2) is 16.6. The molecule has 0 saturated carbocycles. The maximum absolute atomic E-state index is 5.83. The molecule has 0 atom stereocenters. The van der Waals surface area contributed by atoms with E-state index in [-0.39, 0.29) is 0 Å². The van der Waals surface area contributed by atoms with Crippen molar-refractivity contribution in [3.05, 3.63) is 171 Å². The minimum atomic E-state index is -3.65. The van der Waals surface area contributed by atoms with Gasteiger partial charge < -0.3 is 18.9 Å². The lowest BCUT2D eigenvalue weighted by molar-refractivity contribution is 0.170. The van der Waals surface area contributed by atoms with E-state index in [0.29, 0.717) is 23.0 Å². The van der Waals surface area contributed by atoms with E-state index in [0.717, 1.165) is 0 Å². The Bertz CT molecular complexity index is 1160. The fourth-order valence-electron chi connectivity index (χ4n) is 2.97. The fourth-order valence-corrected chi connectivity index (χ4v) is 4.06. The number of para-hydroxylation sites is 4. The minimum Gasteiger partial charge on any atom is -0.462 e. The molecule has 0 aliphatic rings. The third kappa shape index (κ3) is 10.8. The van der Waals surface area contributed by atoms with Crippen LogP contribution in [0.4, 0.5) is 0 Å². The van der Waals surface area contributed by atoms with E-state index in [1.807, 2.05) is 72.8 Å². The van der Waals surface area contributed by atoms with Gasteiger partial charge in [0.15, 0.2) is 25.0 Å². The Morgan fingerprint density at radius 2 is 0.512 bits per heavy atom. The van der Waals surface area contributed by atoms with Crippen molar-refractivity contribution in [3.8, 4) is 23.0 Å². The molecule has 208 valence electrons. The molecule has 0 amide bonds. The zero-order valence-corrected chi connectivity index (χ0v) is 22.8. The summed E-state index contributed by atoms with van der Waals surface area (Å²) in [5, 5.41) is 0. The van der Waals surface area contributed by atoms with Gasteiger partial charge in [-0.3, -0.25) is 0 Å². The topological polar surface area (TPSA) is 73.8 Å². The number of benzene rings is 4. The molecule has 0 unspecified atom stereocenters. The van der Waals surface area contributed by atoms with Crippen LogP contribution in [0.25, 0.3) is 0 Å². The highest BCUT2D eigenvalue weighted by Crippen LogP contribution is 2.64. The van der Waals surface area contributed by atoms with Crippen LogP contribution in [0.15, 0.2) is 171 Å². The molecule has 4 rings (SSSR count). The van der Waals surface area contributed by atoms with E-state index in [1.165, 1.54) is 50.1 Å². The lowest BCUT2D eigenvalue weighted by atomic mass is 10.3. The van der Waals surface area contributed by atoms with E-state index in [4.69, 9.17) is 37.0 Å². The van der Waals surface area contributed by atoms with Crippen LogP contribution in [0.3, 0.4) is 0 Å². The normalized spacial score (nSPS) is 11.5. The molecule has 0 saturated heterocycles. The van der Waals surface area contributed by atoms with Gasteiger partial charge in [-0.05, 0) is 48.5 Å². The molecule has 0 N–H and O–H groups in total. The lowest BCUT2D eigenvalue weighted by Gasteiger charge is -2.14. The third-order valence-electron chi connectivity index (χ3n) is 4.77. The maximum atomic E-state index is 5.83. The van der Waals surface area contributed by atoms with Crippen LogP contribution in [0.2, 0.25) is 0 Å². The largest absolute Gasteiger partial charge is 0.764 e. The Kier molecular flexibility index (Phi) is 11.6. The predicted octanol–water partition coefficient (Wildman–Crippen LogP) is 8.93. The SMILES string of the molecule is C(=C/O[P+](O/C=C\Oc1ccccc1)(O/C=C\Oc1ccccc1)O/C=C\Oc1ccccc1)/Oc1ccccc1. The van der Waals surface area contributed by atoms with Crippen molar-refractivity contribution >= 4 is 8.17 Å². The Morgan fingerprint density at radius 1 is 0.293 bits per heavy atom. The number of hydrogen-bond donors (Lipinski definition) is 0. The molecule has 0 spiro atoms. The molecular weight excluding hydrogens is 543 g/mol. The van der Waals surface area contributed by atoms with Crippen molar-refractivity contribution in [2.24, 2.45) is 0 Å². The Hall–Kier alpha value is -5.33. The molecule has 4 aromatic rings. The van der Waals surface area contributed by atoms with E-state index in [2.05, 4.69) is 0 Å². The minimum absolute atomic E-state index is 0.613. The van der Waals surface area contributed by atoms with Crippen molar-refractivity contribution in [1.29, 1.82) is 0 Å². The van der Waals surface area contributed by atoms with Crippen molar-refractivity contribution < 1.29 is 37.0 Å². The van der Waals surface area contributed by atoms with Gasteiger partial charge in [-0.1, -0.05) is 72.8 Å². The molecule has 9 heteroatoms. The number of hydrogen-bond acceptors (Lipinski definition) is 8. The average Bonchev–Trinajstić information content (AvgIpc) is 3.04. The smallest absolute Gasteiger partial charge is 0.462 e. The van der Waals surface area contributed by atoms with Crippen LogP contribution >= 0.6 is 8.17 Å². The van der Waals surface area contributed by atoms with E-state index in [1.54, 1.807) is 48.5 Å². The van der Waals surface area contributed by atoms with Gasteiger partial charge >= 0.3 is 8.17 Å². The van der Waals surface area contributed by atoms with E-state index < -0.39 is 8.17 Å². The van der Waals surface area contributed by atoms with Crippen LogP contribution in [0.1, 0.15) is 0 Å². The molecule has 0 heterocycles. The van der Waals surface area contributed by atoms with Gasteiger partial charge in [0, 0.05) is 0 Å². The van der Waals surface area contributed by atoms with Crippen molar-refractivity contribution in [2.45, 2.75) is 0 Å². The van der Waals surface area contributed by atoms with Crippen LogP contribution in [-0.4, -0.2) is 0 Å². The van der Waals surface area contributed by atoms with Crippen molar-refractivity contribution in [1.82, 2.24) is 0 Å². The molecule has 4 aromatic carbocycles. The second-order valence-electron chi connectivity index (χ2n) is 7.68. The summed E-state index contributed by atoms with van der Waals surface area (Å²) < 4.78 is 45.6. The lowest BCUT2D eigenvalue weighted by Crippen LogP contribution is -2.02. The molecule has 41 heavy (non-hydrogen) atoms. The molecule has 0 fully saturated rings. The van der Waals surface area contributed by atoms with Crippen LogP contribution in [-0.2, 0) is 18.1 Å². The highest BCUT2D eigenvalue weighted by atomic mass is 31.2. The third-order valence-corrected chi connectivity index (χ3v) is 6.29. The van der Waals surface area contributed by atoms with Gasteiger partial charge in [0.05, 0.1) is 0 Å². The number of rotatable bonds is 16. The highest BCUT2D eigenvalue weighted by Gasteiger charge is 2.52. The zero-order valence-electron chi connectivity index (χ0n) is 21.9. The van der Waals surface area contributed by atoms with Gasteiger partial charge in [0.25, 0.3) is 0 Å². The summed E-state index contributed by atoms with van der Waals surface area (Å²) >= 11 is 0. The molecule has 0 bridgehead atoms. The second-order valence-corrected chi connectivity index (χ2v) is 9.42. The summed E-state index contributed by atoms with van der Waals surface area (Å²) in [5.41, 5.74) is 0. The molecule has 8 nitrogen and oxygen atoms in total. The molecule has 0 aliphatic heterocycles. The quantitative estimate of drug-likeness (QED) is 0.0975. The number of ether oxygens (including phenoxy) is 4. The predicted molar refractivity (Wildman–Crippen MR) is 156 cm³/mol. The van der Waals surface area contributed by atoms with Gasteiger partial charge in [-0.15, -0.1) is 0 Å². The first-order valence-electron chi connectivity index (χ1n) is 12.4. The summed E-state index contributed by atoms with van der Waals surface area (Å²) in [4.78, 5) is 0. The standard InChI is InChI=1S/C32H28O8P/c1-5-13-29(14-6-1)33-21-25-37-41(38-26-22-34-30-15-7-2-8-16-30,39-27-23-35-31-17-9-3-10-18-31)40-28-24-36-32-19-11-4-12-20-32/h1-28H/q+1/b25-21-,26-22-,27-23-,28-24-. The van der Waals surface area contributed by atoms with Gasteiger partial charge in [-0.25, -0.2) is 18.1 Å². The van der Waals surface area contributed by atoms with Crippen LogP contribution in [0, 0.1) is 0 Å². The van der Waals surface area contributed by atoms with Gasteiger partial charge in [-0.2, -0.15) is 0 Å². The summed E-state index contributed by atoms with van der Waals surface area (Å²) in [6.07, 6.45) is 10.3. The van der Waals surface area contributed by atoms with Gasteiger partial charge in [0.1, 0.15) is 48.0 Å². The molecular formula is C32H28O8P+. The van der Waals surface area contributed by atoms with Crippen LogP contribution < -0.4 is 18.9 Å². The van der Waals surface area contributed by atoms with E-state index in [9.17, 15) is 0 Å². The Labute approximate surface area is 239 Å². The average molecular weight is 572 g/mol. The monoisotopic (exact) mass is 571 g/mol. The summed E-state index contributed by atoms with van der Waals surface area (Å²) in [5.74, 6) is 2.45. The van der Waals surface area contributed by atoms with Crippen LogP contribution in [0.5, 0.6) is 23.0 Å². The van der Waals surface area contributed by atoms with E-state index >= 15 is 0 Å². The van der Waals surface area contributed by atoms with Crippen molar-refractivity contribution in [2.75, 3.05) is 0 Å². The Balaban J connectivity index is 1.49. The first-order chi connectivity index (χ1) is 20.3. The first-order valence-corrected chi connectivity index (χ1v) is 13.9. The summed E-state index contributed by atoms with van der Waals surface area (Å²) in [7, 11) is -3.65. The van der Waals surface area contributed by atoms with Gasteiger partial charge in [0.2, 0.25) is 0 Å².